The molecule has 0 radical (unpaired) electrons. The normalized spacial score (nSPS) is 10.8. The number of hydrogen-bond donors (Lipinski definition) is 1. The van der Waals surface area contributed by atoms with Gasteiger partial charge in [0.15, 0.2) is 12.1 Å². The fourth-order valence-corrected chi connectivity index (χ4v) is 3.35. The molecule has 0 spiro atoms. The summed E-state index contributed by atoms with van der Waals surface area (Å²) in [7, 11) is 0. The standard InChI is InChI=1S/C18H12FN5OS/c1-10-22-14-4-3-12(6-15(14)26-10)17-13(19)8-21-18(24-17)23-16-5-2-11(9-25)7-20-16/h2-9H,1H3,(H,20,21,23,24). The van der Waals surface area contributed by atoms with Crippen molar-refractivity contribution < 1.29 is 9.18 Å². The van der Waals surface area contributed by atoms with Gasteiger partial charge in [-0.1, -0.05) is 6.07 Å². The quantitative estimate of drug-likeness (QED) is 0.547. The fraction of sp³-hybridized carbons (Fsp3) is 0.0556. The minimum atomic E-state index is -0.514. The number of aldehydes is 1. The van der Waals surface area contributed by atoms with Crippen molar-refractivity contribution in [2.75, 3.05) is 5.32 Å². The molecule has 6 nitrogen and oxygen atoms in total. The van der Waals surface area contributed by atoms with E-state index in [9.17, 15) is 9.18 Å². The van der Waals surface area contributed by atoms with Gasteiger partial charge in [0.25, 0.3) is 0 Å². The van der Waals surface area contributed by atoms with Gasteiger partial charge >= 0.3 is 0 Å². The van der Waals surface area contributed by atoms with Gasteiger partial charge in [-0.2, -0.15) is 0 Å². The molecular formula is C18H12FN5OS. The molecule has 4 aromatic rings. The summed E-state index contributed by atoms with van der Waals surface area (Å²) in [6.07, 6.45) is 3.26. The summed E-state index contributed by atoms with van der Waals surface area (Å²) >= 11 is 1.55. The summed E-state index contributed by atoms with van der Waals surface area (Å²) in [4.78, 5) is 27.4. The van der Waals surface area contributed by atoms with Crippen molar-refractivity contribution in [3.8, 4) is 11.3 Å². The van der Waals surface area contributed by atoms with Gasteiger partial charge in [-0.15, -0.1) is 11.3 Å². The third kappa shape index (κ3) is 3.14. The Balaban J connectivity index is 1.69. The SMILES string of the molecule is Cc1nc2ccc(-c3nc(Nc4ccc(C=O)cn4)ncc3F)cc2s1. The molecule has 0 aliphatic heterocycles. The van der Waals surface area contributed by atoms with Crippen molar-refractivity contribution in [2.45, 2.75) is 6.92 Å². The second kappa shape index (κ2) is 6.57. The number of nitrogens with one attached hydrogen (secondary N) is 1. The number of carbonyl (C=O) groups excluding carboxylic acids is 1. The van der Waals surface area contributed by atoms with E-state index < -0.39 is 5.82 Å². The molecule has 8 heteroatoms. The van der Waals surface area contributed by atoms with Gasteiger partial charge < -0.3 is 5.32 Å². The Morgan fingerprint density at radius 3 is 2.77 bits per heavy atom. The summed E-state index contributed by atoms with van der Waals surface area (Å²) in [6, 6.07) is 8.75. The van der Waals surface area contributed by atoms with E-state index in [4.69, 9.17) is 0 Å². The number of halogens is 1. The molecule has 3 aromatic heterocycles. The molecule has 4 rings (SSSR count). The number of hydrogen-bond acceptors (Lipinski definition) is 7. The average molecular weight is 365 g/mol. The van der Waals surface area contributed by atoms with E-state index in [1.807, 2.05) is 19.1 Å². The summed E-state index contributed by atoms with van der Waals surface area (Å²) in [6.45, 7) is 1.93. The van der Waals surface area contributed by atoms with Crippen LogP contribution >= 0.6 is 11.3 Å². The first-order valence-corrected chi connectivity index (χ1v) is 8.52. The number of pyridine rings is 1. The van der Waals surface area contributed by atoms with Crippen LogP contribution in [0.15, 0.2) is 42.7 Å². The lowest BCUT2D eigenvalue weighted by atomic mass is 10.1. The first kappa shape index (κ1) is 16.2. The van der Waals surface area contributed by atoms with Crippen molar-refractivity contribution in [1.82, 2.24) is 19.9 Å². The number of benzene rings is 1. The van der Waals surface area contributed by atoms with Gasteiger partial charge in [0.1, 0.15) is 11.5 Å². The topological polar surface area (TPSA) is 80.7 Å². The number of aryl methyl sites for hydroxylation is 1. The highest BCUT2D eigenvalue weighted by atomic mass is 32.1. The molecule has 0 saturated carbocycles. The maximum atomic E-state index is 14.3. The van der Waals surface area contributed by atoms with Crippen LogP contribution < -0.4 is 5.32 Å². The molecule has 0 bridgehead atoms. The number of thiazole rings is 1. The number of anilines is 2. The van der Waals surface area contributed by atoms with Crippen LogP contribution in [-0.4, -0.2) is 26.2 Å². The third-order valence-corrected chi connectivity index (χ3v) is 4.61. The van der Waals surface area contributed by atoms with E-state index in [0.717, 1.165) is 21.4 Å². The predicted octanol–water partition coefficient (Wildman–Crippen LogP) is 4.15. The first-order chi connectivity index (χ1) is 12.6. The highest BCUT2D eigenvalue weighted by molar-refractivity contribution is 7.18. The van der Waals surface area contributed by atoms with Crippen LogP contribution in [0.3, 0.4) is 0 Å². The summed E-state index contributed by atoms with van der Waals surface area (Å²) in [5.74, 6) is 0.162. The molecule has 128 valence electrons. The van der Waals surface area contributed by atoms with Crippen molar-refractivity contribution in [1.29, 1.82) is 0 Å². The monoisotopic (exact) mass is 365 g/mol. The Morgan fingerprint density at radius 2 is 2.00 bits per heavy atom. The summed E-state index contributed by atoms with van der Waals surface area (Å²) in [5, 5.41) is 3.86. The minimum Gasteiger partial charge on any atom is -0.309 e. The summed E-state index contributed by atoms with van der Waals surface area (Å²) in [5.41, 5.74) is 2.18. The second-order valence-electron chi connectivity index (χ2n) is 5.53. The van der Waals surface area contributed by atoms with Crippen LogP contribution in [0, 0.1) is 12.7 Å². The number of rotatable bonds is 4. The van der Waals surface area contributed by atoms with E-state index in [-0.39, 0.29) is 11.6 Å². The smallest absolute Gasteiger partial charge is 0.229 e. The molecule has 1 N–H and O–H groups in total. The van der Waals surface area contributed by atoms with Crippen LogP contribution in [0.5, 0.6) is 0 Å². The van der Waals surface area contributed by atoms with Crippen molar-refractivity contribution >= 4 is 39.6 Å². The van der Waals surface area contributed by atoms with Crippen LogP contribution in [0.4, 0.5) is 16.2 Å². The van der Waals surface area contributed by atoms with Crippen molar-refractivity contribution in [3.63, 3.8) is 0 Å². The lowest BCUT2D eigenvalue weighted by Gasteiger charge is -2.07. The van der Waals surface area contributed by atoms with E-state index in [1.165, 1.54) is 6.20 Å². The van der Waals surface area contributed by atoms with Gasteiger partial charge in [-0.05, 0) is 31.2 Å². The van der Waals surface area contributed by atoms with Crippen LogP contribution in [0.1, 0.15) is 15.4 Å². The Hall–Kier alpha value is -3.26. The molecule has 0 atom stereocenters. The number of aromatic nitrogens is 4. The Kier molecular flexibility index (Phi) is 4.10. The minimum absolute atomic E-state index is 0.194. The molecule has 0 aliphatic rings. The lowest BCUT2D eigenvalue weighted by Crippen LogP contribution is -2.02. The molecule has 0 fully saturated rings. The molecule has 26 heavy (non-hydrogen) atoms. The van der Waals surface area contributed by atoms with Crippen LogP contribution in [0.2, 0.25) is 0 Å². The molecule has 0 amide bonds. The molecule has 0 aliphatic carbocycles. The Labute approximate surface area is 151 Å². The zero-order chi connectivity index (χ0) is 18.1. The van der Waals surface area contributed by atoms with Crippen LogP contribution in [0.25, 0.3) is 21.5 Å². The number of carbonyl (C=O) groups is 1. The van der Waals surface area contributed by atoms with Crippen LogP contribution in [-0.2, 0) is 0 Å². The van der Waals surface area contributed by atoms with Crippen molar-refractivity contribution in [2.24, 2.45) is 0 Å². The number of nitrogens with zero attached hydrogens (tertiary/aromatic N) is 4. The zero-order valence-electron chi connectivity index (χ0n) is 13.6. The highest BCUT2D eigenvalue weighted by Gasteiger charge is 2.12. The fourth-order valence-electron chi connectivity index (χ4n) is 2.48. The molecule has 3 heterocycles. The summed E-state index contributed by atoms with van der Waals surface area (Å²) < 4.78 is 15.2. The average Bonchev–Trinajstić information content (AvgIpc) is 3.03. The maximum Gasteiger partial charge on any atom is 0.229 e. The van der Waals surface area contributed by atoms with E-state index >= 15 is 0 Å². The third-order valence-electron chi connectivity index (χ3n) is 3.68. The van der Waals surface area contributed by atoms with Crippen molar-refractivity contribution in [3.05, 3.63) is 59.1 Å². The molecule has 0 saturated heterocycles. The first-order valence-electron chi connectivity index (χ1n) is 7.71. The zero-order valence-corrected chi connectivity index (χ0v) is 14.4. The van der Waals surface area contributed by atoms with Gasteiger partial charge in [-0.3, -0.25) is 4.79 Å². The molecule has 1 aromatic carbocycles. The van der Waals surface area contributed by atoms with E-state index in [2.05, 4.69) is 25.3 Å². The maximum absolute atomic E-state index is 14.3. The highest BCUT2D eigenvalue weighted by Crippen LogP contribution is 2.29. The van der Waals surface area contributed by atoms with Gasteiger partial charge in [0, 0.05) is 17.3 Å². The largest absolute Gasteiger partial charge is 0.309 e. The predicted molar refractivity (Wildman–Crippen MR) is 98.2 cm³/mol. The lowest BCUT2D eigenvalue weighted by molar-refractivity contribution is 0.112. The van der Waals surface area contributed by atoms with E-state index in [0.29, 0.717) is 23.2 Å². The Bertz CT molecular complexity index is 1110. The van der Waals surface area contributed by atoms with E-state index in [1.54, 1.807) is 29.5 Å². The molecule has 0 unspecified atom stereocenters. The molecular weight excluding hydrogens is 353 g/mol. The second-order valence-corrected chi connectivity index (χ2v) is 6.76. The van der Waals surface area contributed by atoms with Gasteiger partial charge in [-0.25, -0.2) is 24.3 Å². The Morgan fingerprint density at radius 1 is 1.12 bits per heavy atom. The van der Waals surface area contributed by atoms with Gasteiger partial charge in [0.2, 0.25) is 5.95 Å². The number of fused-ring (bicyclic) bond motifs is 1. The van der Waals surface area contributed by atoms with Gasteiger partial charge in [0.05, 0.1) is 21.4 Å².